The number of benzene rings is 2. The zero-order valence-corrected chi connectivity index (χ0v) is 15.1. The number of carbonyl (C=O) groups is 1. The SMILES string of the molecule is CC(C)C(NCc1cccc(Oc2nnnn2-c2ccccc2)c1)C(=O)O. The summed E-state index contributed by atoms with van der Waals surface area (Å²) < 4.78 is 7.33. The van der Waals surface area contributed by atoms with Crippen LogP contribution in [0.15, 0.2) is 54.6 Å². The summed E-state index contributed by atoms with van der Waals surface area (Å²) in [6.45, 7) is 4.15. The summed E-state index contributed by atoms with van der Waals surface area (Å²) in [4.78, 5) is 11.3. The lowest BCUT2D eigenvalue weighted by molar-refractivity contribution is -0.140. The van der Waals surface area contributed by atoms with Gasteiger partial charge < -0.3 is 15.2 Å². The minimum atomic E-state index is -0.862. The van der Waals surface area contributed by atoms with Crippen LogP contribution in [0.25, 0.3) is 5.69 Å². The molecule has 1 unspecified atom stereocenters. The fraction of sp³-hybridized carbons (Fsp3) is 0.263. The molecule has 140 valence electrons. The van der Waals surface area contributed by atoms with Gasteiger partial charge in [-0.2, -0.15) is 4.68 Å². The Morgan fingerprint density at radius 2 is 1.96 bits per heavy atom. The first-order valence-electron chi connectivity index (χ1n) is 8.61. The molecule has 0 radical (unpaired) electrons. The molecule has 3 aromatic rings. The van der Waals surface area contributed by atoms with E-state index in [1.165, 1.54) is 4.68 Å². The second-order valence-electron chi connectivity index (χ2n) is 6.40. The first-order valence-corrected chi connectivity index (χ1v) is 8.61. The van der Waals surface area contributed by atoms with E-state index in [0.29, 0.717) is 12.3 Å². The third kappa shape index (κ3) is 4.68. The Bertz CT molecular complexity index is 895. The van der Waals surface area contributed by atoms with Crippen LogP contribution in [0.3, 0.4) is 0 Å². The molecule has 0 saturated carbocycles. The van der Waals surface area contributed by atoms with Gasteiger partial charge in [0.15, 0.2) is 0 Å². The van der Waals surface area contributed by atoms with Crippen molar-refractivity contribution >= 4 is 5.97 Å². The van der Waals surface area contributed by atoms with Crippen LogP contribution in [0.1, 0.15) is 19.4 Å². The molecule has 3 rings (SSSR count). The summed E-state index contributed by atoms with van der Waals surface area (Å²) in [5.41, 5.74) is 1.69. The van der Waals surface area contributed by atoms with Crippen LogP contribution in [-0.2, 0) is 11.3 Å². The number of ether oxygens (including phenoxy) is 1. The molecule has 1 heterocycles. The third-order valence-corrected chi connectivity index (χ3v) is 4.01. The molecule has 0 spiro atoms. The molecule has 0 aliphatic carbocycles. The molecule has 2 N–H and O–H groups in total. The Balaban J connectivity index is 1.72. The molecule has 2 aromatic carbocycles. The Morgan fingerprint density at radius 1 is 1.19 bits per heavy atom. The van der Waals surface area contributed by atoms with Crippen LogP contribution in [0.5, 0.6) is 11.8 Å². The van der Waals surface area contributed by atoms with Crippen LogP contribution >= 0.6 is 0 Å². The van der Waals surface area contributed by atoms with Gasteiger partial charge in [-0.3, -0.25) is 4.79 Å². The highest BCUT2D eigenvalue weighted by molar-refractivity contribution is 5.73. The predicted octanol–water partition coefficient (Wildman–Crippen LogP) is 2.65. The first-order chi connectivity index (χ1) is 13.0. The zero-order valence-electron chi connectivity index (χ0n) is 15.1. The molecule has 0 bridgehead atoms. The highest BCUT2D eigenvalue weighted by Crippen LogP contribution is 2.22. The van der Waals surface area contributed by atoms with Crippen molar-refractivity contribution in [3.63, 3.8) is 0 Å². The van der Waals surface area contributed by atoms with E-state index in [1.807, 2.05) is 62.4 Å². The topological polar surface area (TPSA) is 102 Å². The maximum absolute atomic E-state index is 11.3. The largest absolute Gasteiger partial charge is 0.480 e. The second kappa shape index (κ2) is 8.41. The van der Waals surface area contributed by atoms with E-state index in [1.54, 1.807) is 6.07 Å². The minimum absolute atomic E-state index is 0.0163. The normalized spacial score (nSPS) is 12.1. The lowest BCUT2D eigenvalue weighted by Crippen LogP contribution is -2.40. The number of hydrogen-bond acceptors (Lipinski definition) is 6. The van der Waals surface area contributed by atoms with Gasteiger partial charge in [0.25, 0.3) is 0 Å². The van der Waals surface area contributed by atoms with E-state index in [9.17, 15) is 9.90 Å². The van der Waals surface area contributed by atoms with E-state index < -0.39 is 12.0 Å². The quantitative estimate of drug-likeness (QED) is 0.631. The van der Waals surface area contributed by atoms with Crippen molar-refractivity contribution in [3.05, 3.63) is 60.2 Å². The van der Waals surface area contributed by atoms with E-state index in [2.05, 4.69) is 20.8 Å². The molecule has 0 aliphatic heterocycles. The third-order valence-electron chi connectivity index (χ3n) is 4.01. The number of aliphatic carboxylic acids is 1. The van der Waals surface area contributed by atoms with Crippen LogP contribution in [0, 0.1) is 5.92 Å². The van der Waals surface area contributed by atoms with Gasteiger partial charge in [-0.25, -0.2) is 0 Å². The van der Waals surface area contributed by atoms with E-state index in [-0.39, 0.29) is 11.9 Å². The molecule has 1 aromatic heterocycles. The average molecular weight is 367 g/mol. The number of carboxylic acid groups (broad SMARTS) is 1. The fourth-order valence-electron chi connectivity index (χ4n) is 2.63. The molecule has 0 fully saturated rings. The van der Waals surface area contributed by atoms with Crippen molar-refractivity contribution in [1.82, 2.24) is 25.5 Å². The van der Waals surface area contributed by atoms with Gasteiger partial charge in [-0.05, 0) is 46.2 Å². The van der Waals surface area contributed by atoms with Crippen LogP contribution in [-0.4, -0.2) is 37.3 Å². The van der Waals surface area contributed by atoms with Gasteiger partial charge in [0, 0.05) is 6.54 Å². The Morgan fingerprint density at radius 3 is 2.67 bits per heavy atom. The summed E-state index contributed by atoms with van der Waals surface area (Å²) >= 11 is 0. The van der Waals surface area contributed by atoms with Crippen molar-refractivity contribution in [2.75, 3.05) is 0 Å². The number of tetrazole rings is 1. The molecule has 0 aliphatic rings. The van der Waals surface area contributed by atoms with Gasteiger partial charge >= 0.3 is 12.0 Å². The first kappa shape index (κ1) is 18.5. The van der Waals surface area contributed by atoms with Crippen molar-refractivity contribution < 1.29 is 14.6 Å². The van der Waals surface area contributed by atoms with Gasteiger partial charge in [-0.15, -0.1) is 0 Å². The van der Waals surface area contributed by atoms with Crippen LogP contribution < -0.4 is 10.1 Å². The number of carboxylic acids is 1. The standard InChI is InChI=1S/C19H21N5O3/c1-13(2)17(18(25)26)20-12-14-7-6-10-16(11-14)27-19-21-22-23-24(19)15-8-4-3-5-9-15/h3-11,13,17,20H,12H2,1-2H3,(H,25,26). The Kier molecular flexibility index (Phi) is 5.77. The fourth-order valence-corrected chi connectivity index (χ4v) is 2.63. The number of hydrogen-bond donors (Lipinski definition) is 2. The van der Waals surface area contributed by atoms with Gasteiger partial charge in [-0.1, -0.05) is 49.3 Å². The molecule has 27 heavy (non-hydrogen) atoms. The number of aromatic nitrogens is 4. The van der Waals surface area contributed by atoms with E-state index in [0.717, 1.165) is 11.3 Å². The smallest absolute Gasteiger partial charge is 0.345 e. The van der Waals surface area contributed by atoms with E-state index >= 15 is 0 Å². The number of rotatable bonds is 8. The summed E-state index contributed by atoms with van der Waals surface area (Å²) in [6.07, 6.45) is 0. The molecule has 8 heteroatoms. The number of para-hydroxylation sites is 1. The summed E-state index contributed by atoms with van der Waals surface area (Å²) in [6, 6.07) is 16.4. The van der Waals surface area contributed by atoms with Gasteiger partial charge in [0.2, 0.25) is 0 Å². The lowest BCUT2D eigenvalue weighted by Gasteiger charge is -2.18. The molecule has 1 atom stereocenters. The second-order valence-corrected chi connectivity index (χ2v) is 6.40. The van der Waals surface area contributed by atoms with Crippen molar-refractivity contribution in [1.29, 1.82) is 0 Å². The maximum atomic E-state index is 11.3. The van der Waals surface area contributed by atoms with Gasteiger partial charge in [0.05, 0.1) is 5.69 Å². The molecular weight excluding hydrogens is 346 g/mol. The number of nitrogens with one attached hydrogen (secondary N) is 1. The Labute approximate surface area is 156 Å². The lowest BCUT2D eigenvalue weighted by atomic mass is 10.0. The van der Waals surface area contributed by atoms with Crippen molar-refractivity contribution in [2.45, 2.75) is 26.4 Å². The average Bonchev–Trinajstić information content (AvgIpc) is 3.10. The van der Waals surface area contributed by atoms with E-state index in [4.69, 9.17) is 4.74 Å². The summed E-state index contributed by atoms with van der Waals surface area (Å²) in [5, 5.41) is 23.9. The highest BCUT2D eigenvalue weighted by Gasteiger charge is 2.20. The highest BCUT2D eigenvalue weighted by atomic mass is 16.5. The summed E-state index contributed by atoms with van der Waals surface area (Å²) in [5.74, 6) is -0.311. The molecule has 8 nitrogen and oxygen atoms in total. The molecular formula is C19H21N5O3. The van der Waals surface area contributed by atoms with Gasteiger partial charge in [0.1, 0.15) is 11.8 Å². The van der Waals surface area contributed by atoms with Crippen molar-refractivity contribution in [3.8, 4) is 17.4 Å². The van der Waals surface area contributed by atoms with Crippen LogP contribution in [0.2, 0.25) is 0 Å². The minimum Gasteiger partial charge on any atom is -0.480 e. The summed E-state index contributed by atoms with van der Waals surface area (Å²) in [7, 11) is 0. The molecule has 0 amide bonds. The monoisotopic (exact) mass is 367 g/mol. The zero-order chi connectivity index (χ0) is 19.2. The Hall–Kier alpha value is -3.26. The maximum Gasteiger partial charge on any atom is 0.345 e. The van der Waals surface area contributed by atoms with Crippen LogP contribution in [0.4, 0.5) is 0 Å². The predicted molar refractivity (Wildman–Crippen MR) is 98.8 cm³/mol. The number of nitrogens with zero attached hydrogens (tertiary/aromatic N) is 4. The van der Waals surface area contributed by atoms with Crippen molar-refractivity contribution in [2.24, 2.45) is 5.92 Å². The molecule has 0 saturated heterocycles.